The fourth-order valence-corrected chi connectivity index (χ4v) is 3.17. The van der Waals surface area contributed by atoms with E-state index in [1.54, 1.807) is 6.92 Å². The second-order valence-electron chi connectivity index (χ2n) is 6.89. The number of fused-ring (bicyclic) bond motifs is 1. The van der Waals surface area contributed by atoms with Crippen molar-refractivity contribution in [1.29, 1.82) is 0 Å². The minimum absolute atomic E-state index is 0.338. The smallest absolute Gasteiger partial charge is 0.333 e. The van der Waals surface area contributed by atoms with E-state index >= 15 is 0 Å². The van der Waals surface area contributed by atoms with Crippen LogP contribution in [0, 0.1) is 0 Å². The highest BCUT2D eigenvalue weighted by atomic mass is 16.5. The molecular weight excluding hydrogens is 364 g/mol. The van der Waals surface area contributed by atoms with Gasteiger partial charge in [0.05, 0.1) is 0 Å². The van der Waals surface area contributed by atoms with Crippen LogP contribution in [0.15, 0.2) is 72.8 Å². The van der Waals surface area contributed by atoms with Crippen LogP contribution in [0.5, 0.6) is 5.75 Å². The molecule has 0 amide bonds. The molecule has 0 aliphatic rings. The van der Waals surface area contributed by atoms with E-state index in [4.69, 9.17) is 9.47 Å². The maximum Gasteiger partial charge on any atom is 0.333 e. The summed E-state index contributed by atoms with van der Waals surface area (Å²) in [5.74, 6) is -0.193. The number of aliphatic carboxylic acids is 1. The van der Waals surface area contributed by atoms with Gasteiger partial charge in [-0.1, -0.05) is 48.5 Å². The molecule has 0 heterocycles. The molecule has 0 aromatic heterocycles. The molecular formula is C25H26O4. The Hall–Kier alpha value is -3.11. The van der Waals surface area contributed by atoms with Crippen molar-refractivity contribution in [1.82, 2.24) is 0 Å². The minimum atomic E-state index is -0.943. The van der Waals surface area contributed by atoms with E-state index in [0.29, 0.717) is 19.6 Å². The number of allylic oxidation sites excluding steroid dienone is 1. The molecule has 3 aromatic carbocycles. The van der Waals surface area contributed by atoms with E-state index in [2.05, 4.69) is 43.3 Å². The Morgan fingerprint density at radius 3 is 2.45 bits per heavy atom. The standard InChI is InChI=1S/C25H26O4/c1-3-28-24(25(26)27)16-19-8-12-23(13-9-19)29-15-14-18(2)21-11-10-20-6-4-5-7-22(20)17-21/h4-14,17,24H,3,15-16H2,1-2H3,(H,26,27)/b18-14+. The van der Waals surface area contributed by atoms with Gasteiger partial charge in [-0.25, -0.2) is 4.79 Å². The molecule has 0 saturated heterocycles. The van der Waals surface area contributed by atoms with E-state index in [1.165, 1.54) is 16.3 Å². The molecule has 4 nitrogen and oxygen atoms in total. The van der Waals surface area contributed by atoms with Gasteiger partial charge in [0.25, 0.3) is 0 Å². The third-order valence-corrected chi connectivity index (χ3v) is 4.83. The summed E-state index contributed by atoms with van der Waals surface area (Å²) in [5.41, 5.74) is 3.24. The molecule has 1 unspecified atom stereocenters. The van der Waals surface area contributed by atoms with E-state index < -0.39 is 12.1 Å². The van der Waals surface area contributed by atoms with Crippen molar-refractivity contribution in [3.8, 4) is 5.75 Å². The number of hydrogen-bond acceptors (Lipinski definition) is 3. The van der Waals surface area contributed by atoms with Gasteiger partial charge in [0, 0.05) is 13.0 Å². The number of carboxylic acid groups (broad SMARTS) is 1. The summed E-state index contributed by atoms with van der Waals surface area (Å²) in [7, 11) is 0. The molecule has 0 spiro atoms. The Bertz CT molecular complexity index is 989. The zero-order valence-electron chi connectivity index (χ0n) is 16.8. The molecule has 4 heteroatoms. The van der Waals surface area contributed by atoms with Crippen molar-refractivity contribution in [2.45, 2.75) is 26.4 Å². The molecule has 0 saturated carbocycles. The SMILES string of the molecule is CCOC(Cc1ccc(OC/C=C(\C)c2ccc3ccccc3c2)cc1)C(=O)O. The van der Waals surface area contributed by atoms with Crippen LogP contribution in [-0.2, 0) is 16.0 Å². The molecule has 1 atom stereocenters. The molecule has 29 heavy (non-hydrogen) atoms. The van der Waals surface area contributed by atoms with Gasteiger partial charge in [-0.2, -0.15) is 0 Å². The fourth-order valence-electron chi connectivity index (χ4n) is 3.17. The number of carboxylic acids is 1. The highest BCUT2D eigenvalue weighted by molar-refractivity contribution is 5.86. The predicted octanol–water partition coefficient (Wildman–Crippen LogP) is 5.35. The van der Waals surface area contributed by atoms with E-state index in [9.17, 15) is 9.90 Å². The first-order valence-corrected chi connectivity index (χ1v) is 9.79. The maximum absolute atomic E-state index is 11.2. The molecule has 0 aliphatic heterocycles. The lowest BCUT2D eigenvalue weighted by Gasteiger charge is -2.12. The van der Waals surface area contributed by atoms with Gasteiger partial charge in [0.15, 0.2) is 6.10 Å². The summed E-state index contributed by atoms with van der Waals surface area (Å²) in [6.45, 7) is 4.71. The van der Waals surface area contributed by atoms with Crippen molar-refractivity contribution in [3.05, 3.63) is 83.9 Å². The van der Waals surface area contributed by atoms with E-state index in [1.807, 2.05) is 36.4 Å². The zero-order chi connectivity index (χ0) is 20.6. The van der Waals surface area contributed by atoms with Crippen molar-refractivity contribution in [2.24, 2.45) is 0 Å². The lowest BCUT2D eigenvalue weighted by atomic mass is 10.0. The summed E-state index contributed by atoms with van der Waals surface area (Å²) in [6.07, 6.45) is 1.58. The highest BCUT2D eigenvalue weighted by Crippen LogP contribution is 2.21. The van der Waals surface area contributed by atoms with Crippen LogP contribution >= 0.6 is 0 Å². The molecule has 3 aromatic rings. The summed E-state index contributed by atoms with van der Waals surface area (Å²) in [4.78, 5) is 11.2. The van der Waals surface area contributed by atoms with Gasteiger partial charge < -0.3 is 14.6 Å². The Kier molecular flexibility index (Phi) is 7.04. The van der Waals surface area contributed by atoms with E-state index in [0.717, 1.165) is 16.9 Å². The molecule has 1 N–H and O–H groups in total. The highest BCUT2D eigenvalue weighted by Gasteiger charge is 2.17. The topological polar surface area (TPSA) is 55.8 Å². The predicted molar refractivity (Wildman–Crippen MR) is 116 cm³/mol. The quantitative estimate of drug-likeness (QED) is 0.535. The van der Waals surface area contributed by atoms with Crippen LogP contribution in [0.4, 0.5) is 0 Å². The van der Waals surface area contributed by atoms with Gasteiger partial charge in [-0.05, 0) is 65.6 Å². The molecule has 150 valence electrons. The average Bonchev–Trinajstić information content (AvgIpc) is 2.74. The Labute approximate surface area is 171 Å². The fraction of sp³-hybridized carbons (Fsp3) is 0.240. The Morgan fingerprint density at radius 1 is 1.03 bits per heavy atom. The largest absolute Gasteiger partial charge is 0.490 e. The first-order valence-electron chi connectivity index (χ1n) is 9.79. The van der Waals surface area contributed by atoms with Gasteiger partial charge in [0.1, 0.15) is 12.4 Å². The Morgan fingerprint density at radius 2 is 1.76 bits per heavy atom. The second-order valence-corrected chi connectivity index (χ2v) is 6.89. The number of hydrogen-bond donors (Lipinski definition) is 1. The van der Waals surface area contributed by atoms with Gasteiger partial charge in [0.2, 0.25) is 0 Å². The number of benzene rings is 3. The van der Waals surface area contributed by atoms with Crippen LogP contribution in [0.25, 0.3) is 16.3 Å². The van der Waals surface area contributed by atoms with Crippen LogP contribution in [0.1, 0.15) is 25.0 Å². The lowest BCUT2D eigenvalue weighted by Crippen LogP contribution is -2.26. The molecule has 0 fully saturated rings. The summed E-state index contributed by atoms with van der Waals surface area (Å²) >= 11 is 0. The first-order chi connectivity index (χ1) is 14.1. The normalized spacial score (nSPS) is 12.7. The summed E-state index contributed by atoms with van der Waals surface area (Å²) in [6, 6.07) is 22.2. The van der Waals surface area contributed by atoms with E-state index in [-0.39, 0.29) is 0 Å². The second kappa shape index (κ2) is 9.89. The third-order valence-electron chi connectivity index (χ3n) is 4.83. The van der Waals surface area contributed by atoms with Crippen LogP contribution in [0.3, 0.4) is 0 Å². The summed E-state index contributed by atoms with van der Waals surface area (Å²) < 4.78 is 11.1. The lowest BCUT2D eigenvalue weighted by molar-refractivity contribution is -0.149. The Balaban J connectivity index is 1.58. The molecule has 0 aliphatic carbocycles. The van der Waals surface area contributed by atoms with Crippen molar-refractivity contribution >= 4 is 22.3 Å². The average molecular weight is 390 g/mol. The van der Waals surface area contributed by atoms with Gasteiger partial charge in [-0.3, -0.25) is 0 Å². The first kappa shape index (κ1) is 20.6. The van der Waals surface area contributed by atoms with Crippen LogP contribution in [0.2, 0.25) is 0 Å². The third kappa shape index (κ3) is 5.69. The van der Waals surface area contributed by atoms with Gasteiger partial charge in [-0.15, -0.1) is 0 Å². The van der Waals surface area contributed by atoms with Crippen LogP contribution < -0.4 is 4.74 Å². The van der Waals surface area contributed by atoms with Crippen LogP contribution in [-0.4, -0.2) is 30.4 Å². The summed E-state index contributed by atoms with van der Waals surface area (Å²) in [5, 5.41) is 11.6. The monoisotopic (exact) mass is 390 g/mol. The number of carbonyl (C=O) groups is 1. The minimum Gasteiger partial charge on any atom is -0.490 e. The van der Waals surface area contributed by atoms with Gasteiger partial charge >= 0.3 is 5.97 Å². The van der Waals surface area contributed by atoms with Crippen molar-refractivity contribution < 1.29 is 19.4 Å². The molecule has 0 bridgehead atoms. The molecule has 0 radical (unpaired) electrons. The zero-order valence-corrected chi connectivity index (χ0v) is 16.8. The maximum atomic E-state index is 11.2. The molecule has 3 rings (SSSR count). The van der Waals surface area contributed by atoms with Crippen molar-refractivity contribution in [2.75, 3.05) is 13.2 Å². The number of rotatable bonds is 9. The van der Waals surface area contributed by atoms with Crippen molar-refractivity contribution in [3.63, 3.8) is 0 Å². The number of ether oxygens (including phenoxy) is 2.